The summed E-state index contributed by atoms with van der Waals surface area (Å²) in [7, 11) is 1.46. The van der Waals surface area contributed by atoms with Gasteiger partial charge >= 0.3 is 6.09 Å². The number of anilines is 1. The Morgan fingerprint density at radius 3 is 2.22 bits per heavy atom. The molecule has 0 saturated heterocycles. The second kappa shape index (κ2) is 15.9. The molecule has 0 fully saturated rings. The lowest BCUT2D eigenvalue weighted by Gasteiger charge is -2.25. The van der Waals surface area contributed by atoms with Crippen LogP contribution in [0.15, 0.2) is 59.3 Å². The monoisotopic (exact) mass is 644 g/mol. The van der Waals surface area contributed by atoms with Gasteiger partial charge in [0.1, 0.15) is 12.1 Å². The molecule has 0 aliphatic carbocycles. The third-order valence-electron chi connectivity index (χ3n) is 5.28. The largest absolute Gasteiger partial charge is 0.444 e. The summed E-state index contributed by atoms with van der Waals surface area (Å²) in [5, 5.41) is 7.80. The first-order chi connectivity index (χ1) is 19.2. The Morgan fingerprint density at radius 1 is 1.05 bits per heavy atom. The first-order valence-electron chi connectivity index (χ1n) is 12.4. The molecule has 0 aliphatic rings. The molecule has 41 heavy (non-hydrogen) atoms. The van der Waals surface area contributed by atoms with Gasteiger partial charge in [0.2, 0.25) is 5.91 Å². The molecule has 3 rings (SSSR count). The Hall–Kier alpha value is -2.98. The van der Waals surface area contributed by atoms with Gasteiger partial charge in [0, 0.05) is 47.5 Å². The van der Waals surface area contributed by atoms with Crippen molar-refractivity contribution < 1.29 is 23.6 Å². The van der Waals surface area contributed by atoms with Crippen molar-refractivity contribution in [2.45, 2.75) is 38.1 Å². The van der Waals surface area contributed by atoms with Crippen LogP contribution in [0.2, 0.25) is 10.0 Å². The predicted octanol–water partition coefficient (Wildman–Crippen LogP) is 6.76. The molecule has 1 aromatic heterocycles. The molecule has 1 heterocycles. The van der Waals surface area contributed by atoms with Crippen molar-refractivity contribution >= 4 is 70.0 Å². The van der Waals surface area contributed by atoms with Crippen LogP contribution in [0.25, 0.3) is 11.3 Å². The number of nitrogens with one attached hydrogen (secondary N) is 1. The number of carbonyl (C=O) groups is 3. The van der Waals surface area contributed by atoms with E-state index in [0.717, 1.165) is 20.5 Å². The number of benzene rings is 2. The Kier molecular flexibility index (Phi) is 13.2. The molecule has 0 unspecified atom stereocenters. The molecule has 0 radical (unpaired) electrons. The van der Waals surface area contributed by atoms with Crippen LogP contribution < -0.4 is 10.2 Å². The van der Waals surface area contributed by atoms with Crippen LogP contribution in [0.3, 0.4) is 0 Å². The Morgan fingerprint density at radius 2 is 1.68 bits per heavy atom. The number of amides is 3. The van der Waals surface area contributed by atoms with E-state index in [0.29, 0.717) is 17.0 Å². The van der Waals surface area contributed by atoms with E-state index >= 15 is 0 Å². The first kappa shape index (κ1) is 34.2. The molecule has 222 valence electrons. The fraction of sp³-hybridized carbons (Fsp3) is 0.357. The average molecular weight is 646 g/mol. The summed E-state index contributed by atoms with van der Waals surface area (Å²) in [6.45, 7) is 7.13. The van der Waals surface area contributed by atoms with Gasteiger partial charge in [0.15, 0.2) is 10.6 Å². The molecule has 0 spiro atoms. The van der Waals surface area contributed by atoms with E-state index in [9.17, 15) is 14.4 Å². The van der Waals surface area contributed by atoms with Gasteiger partial charge in [-0.3, -0.25) is 9.59 Å². The van der Waals surface area contributed by atoms with E-state index in [1.165, 1.54) is 18.1 Å². The predicted molar refractivity (Wildman–Crippen MR) is 163 cm³/mol. The van der Waals surface area contributed by atoms with Gasteiger partial charge in [-0.15, -0.1) is 0 Å². The summed E-state index contributed by atoms with van der Waals surface area (Å²) in [5.74, 6) is -0.413. The third kappa shape index (κ3) is 11.4. The molecule has 9 nitrogen and oxygen atoms in total. The van der Waals surface area contributed by atoms with Gasteiger partial charge in [0.25, 0.3) is 5.91 Å². The van der Waals surface area contributed by atoms with Crippen molar-refractivity contribution in [3.05, 3.63) is 70.3 Å². The number of carbonyl (C=O) groups excluding carboxylic acids is 3. The van der Waals surface area contributed by atoms with Gasteiger partial charge in [-0.1, -0.05) is 69.8 Å². The maximum absolute atomic E-state index is 12.6. The summed E-state index contributed by atoms with van der Waals surface area (Å²) in [6, 6.07) is 14.2. The summed E-state index contributed by atoms with van der Waals surface area (Å²) in [4.78, 5) is 38.0. The van der Waals surface area contributed by atoms with Crippen molar-refractivity contribution in [3.8, 4) is 11.3 Å². The lowest BCUT2D eigenvalue weighted by Crippen LogP contribution is -2.44. The van der Waals surface area contributed by atoms with Crippen molar-refractivity contribution in [3.63, 3.8) is 0 Å². The van der Waals surface area contributed by atoms with Crippen molar-refractivity contribution in [2.75, 3.05) is 31.6 Å². The molecule has 0 aliphatic heterocycles. The highest BCUT2D eigenvalue weighted by Crippen LogP contribution is 2.26. The number of hydrogen-bond donors (Lipinski definition) is 1. The minimum Gasteiger partial charge on any atom is -0.444 e. The van der Waals surface area contributed by atoms with E-state index in [-0.39, 0.29) is 19.6 Å². The average Bonchev–Trinajstić information content (AvgIpc) is 3.44. The number of likely N-dealkylation sites (N-methyl/N-ethyl adjacent to an activating group) is 1. The Balaban J connectivity index is 0.000000553. The van der Waals surface area contributed by atoms with Crippen LogP contribution in [-0.4, -0.2) is 65.1 Å². The summed E-state index contributed by atoms with van der Waals surface area (Å²) >= 11 is 23.1. The SMILES string of the molecule is CN(CC(=O)NCCN(C(=O)C(Cl)Cl)c1cccc(-c2ccno2)c1)C(=O)OC(C)(C)C.Cc1c(Cl)cccc1Cl. The zero-order chi connectivity index (χ0) is 30.7. The zero-order valence-corrected chi connectivity index (χ0v) is 26.3. The van der Waals surface area contributed by atoms with Gasteiger partial charge in [-0.2, -0.15) is 0 Å². The number of ether oxygens (including phenoxy) is 1. The second-order valence-corrected chi connectivity index (χ2v) is 11.7. The molecule has 0 saturated carbocycles. The summed E-state index contributed by atoms with van der Waals surface area (Å²) < 4.78 is 10.4. The molecule has 0 atom stereocenters. The van der Waals surface area contributed by atoms with Crippen LogP contribution in [0, 0.1) is 6.92 Å². The standard InChI is InChI=1S/C21H26Cl2N4O5.C7H6Cl2/c1-21(2,3)31-20(30)26(4)13-17(28)24-10-11-27(19(29)18(22)23)15-7-5-6-14(12-15)16-8-9-25-32-16;1-5-6(8)3-2-4-7(5)9/h5-9,12,18H,10-11,13H2,1-4H3,(H,24,28);2-4H,1H3. The molecule has 2 aromatic carbocycles. The van der Waals surface area contributed by atoms with E-state index in [4.69, 9.17) is 55.7 Å². The van der Waals surface area contributed by atoms with E-state index < -0.39 is 28.3 Å². The topological polar surface area (TPSA) is 105 Å². The summed E-state index contributed by atoms with van der Waals surface area (Å²) in [5.41, 5.74) is 1.51. The molecule has 3 amide bonds. The fourth-order valence-electron chi connectivity index (χ4n) is 3.24. The maximum atomic E-state index is 12.6. The number of aromatic nitrogens is 1. The molecule has 1 N–H and O–H groups in total. The van der Waals surface area contributed by atoms with Gasteiger partial charge < -0.3 is 24.4 Å². The molecule has 13 heteroatoms. The van der Waals surface area contributed by atoms with E-state index in [1.807, 2.05) is 25.1 Å². The van der Waals surface area contributed by atoms with Crippen LogP contribution in [0.5, 0.6) is 0 Å². The van der Waals surface area contributed by atoms with Crippen LogP contribution in [0.4, 0.5) is 10.5 Å². The minimum absolute atomic E-state index is 0.108. The normalized spacial score (nSPS) is 10.9. The highest BCUT2D eigenvalue weighted by molar-refractivity contribution is 6.54. The molecular weight excluding hydrogens is 614 g/mol. The molecule has 0 bridgehead atoms. The van der Waals surface area contributed by atoms with Gasteiger partial charge in [0.05, 0.1) is 6.20 Å². The van der Waals surface area contributed by atoms with Crippen LogP contribution in [0.1, 0.15) is 26.3 Å². The molecular formula is C28H32Cl4N4O5. The number of nitrogens with zero attached hydrogens (tertiary/aromatic N) is 3. The van der Waals surface area contributed by atoms with Crippen molar-refractivity contribution in [1.82, 2.24) is 15.4 Å². The van der Waals surface area contributed by atoms with E-state index in [1.54, 1.807) is 51.1 Å². The maximum Gasteiger partial charge on any atom is 0.410 e. The zero-order valence-electron chi connectivity index (χ0n) is 23.3. The van der Waals surface area contributed by atoms with Crippen LogP contribution >= 0.6 is 46.4 Å². The molecule has 3 aromatic rings. The highest BCUT2D eigenvalue weighted by Gasteiger charge is 2.24. The number of alkyl halides is 2. The first-order valence-corrected chi connectivity index (χ1v) is 14.0. The quantitative estimate of drug-likeness (QED) is 0.271. The third-order valence-corrected chi connectivity index (χ3v) is 6.47. The van der Waals surface area contributed by atoms with E-state index in [2.05, 4.69) is 10.5 Å². The number of rotatable bonds is 8. The van der Waals surface area contributed by atoms with Crippen LogP contribution in [-0.2, 0) is 14.3 Å². The van der Waals surface area contributed by atoms with Crippen molar-refractivity contribution in [1.29, 1.82) is 0 Å². The number of halogens is 4. The highest BCUT2D eigenvalue weighted by atomic mass is 35.5. The van der Waals surface area contributed by atoms with Crippen molar-refractivity contribution in [2.24, 2.45) is 0 Å². The lowest BCUT2D eigenvalue weighted by atomic mass is 10.1. The fourth-order valence-corrected chi connectivity index (χ4v) is 3.87. The second-order valence-electron chi connectivity index (χ2n) is 9.75. The van der Waals surface area contributed by atoms with Gasteiger partial charge in [-0.05, 0) is 57.5 Å². The smallest absolute Gasteiger partial charge is 0.410 e. The summed E-state index contributed by atoms with van der Waals surface area (Å²) in [6.07, 6.45) is 0.906. The lowest BCUT2D eigenvalue weighted by molar-refractivity contribution is -0.122. The Bertz CT molecular complexity index is 1290. The number of hydrogen-bond acceptors (Lipinski definition) is 6. The van der Waals surface area contributed by atoms with Gasteiger partial charge in [-0.25, -0.2) is 4.79 Å². The Labute approximate surface area is 259 Å². The minimum atomic E-state index is -1.28.